The number of ether oxygens (including phenoxy) is 2. The zero-order valence-corrected chi connectivity index (χ0v) is 19.2. The van der Waals surface area contributed by atoms with E-state index in [4.69, 9.17) is 13.9 Å². The highest BCUT2D eigenvalue weighted by Gasteiger charge is 2.47. The van der Waals surface area contributed by atoms with E-state index in [1.165, 1.54) is 11.2 Å². The van der Waals surface area contributed by atoms with Crippen LogP contribution in [0.1, 0.15) is 34.9 Å². The fourth-order valence-corrected chi connectivity index (χ4v) is 4.07. The number of Topliss-reactive ketones (excluding diaryl/α,β-unsaturated/α-hetero) is 1. The molecule has 1 unspecified atom stereocenters. The molecule has 4 rings (SSSR count). The minimum atomic E-state index is -0.802. The molecule has 3 aromatic rings. The number of ketones is 1. The molecule has 1 fully saturated rings. The predicted molar refractivity (Wildman–Crippen MR) is 126 cm³/mol. The number of likely N-dealkylation sites (tertiary alicyclic amines) is 1. The number of amides is 1. The Morgan fingerprint density at radius 2 is 1.88 bits per heavy atom. The summed E-state index contributed by atoms with van der Waals surface area (Å²) in [5, 5.41) is 11.1. The molecule has 7 nitrogen and oxygen atoms in total. The maximum absolute atomic E-state index is 12.9. The Morgan fingerprint density at radius 1 is 1.09 bits per heavy atom. The number of aryl methyl sites for hydroxylation is 1. The number of benzene rings is 2. The molecule has 34 heavy (non-hydrogen) atoms. The van der Waals surface area contributed by atoms with E-state index < -0.39 is 17.7 Å². The molecule has 1 atom stereocenters. The lowest BCUT2D eigenvalue weighted by Crippen LogP contribution is -2.31. The van der Waals surface area contributed by atoms with Gasteiger partial charge in [-0.25, -0.2) is 0 Å². The molecule has 0 radical (unpaired) electrons. The highest BCUT2D eigenvalue weighted by Crippen LogP contribution is 2.39. The van der Waals surface area contributed by atoms with Gasteiger partial charge in [0.25, 0.3) is 11.7 Å². The zero-order chi connectivity index (χ0) is 24.1. The van der Waals surface area contributed by atoms with Crippen LogP contribution in [0.4, 0.5) is 0 Å². The minimum Gasteiger partial charge on any atom is -0.507 e. The Hall–Kier alpha value is -3.84. The molecule has 7 heteroatoms. The van der Waals surface area contributed by atoms with Gasteiger partial charge in [-0.3, -0.25) is 9.59 Å². The first kappa shape index (κ1) is 23.3. The molecule has 1 aliphatic heterocycles. The number of hydrogen-bond donors (Lipinski definition) is 1. The molecule has 1 amide bonds. The van der Waals surface area contributed by atoms with Crippen LogP contribution in [0.5, 0.6) is 5.75 Å². The number of hydrogen-bond acceptors (Lipinski definition) is 6. The van der Waals surface area contributed by atoms with Gasteiger partial charge in [0.15, 0.2) is 0 Å². The molecule has 0 saturated carbocycles. The van der Waals surface area contributed by atoms with Crippen molar-refractivity contribution < 1.29 is 28.6 Å². The van der Waals surface area contributed by atoms with Crippen LogP contribution in [0.25, 0.3) is 5.76 Å². The van der Waals surface area contributed by atoms with Crippen molar-refractivity contribution in [2.24, 2.45) is 0 Å². The van der Waals surface area contributed by atoms with Crippen LogP contribution < -0.4 is 4.74 Å². The van der Waals surface area contributed by atoms with E-state index >= 15 is 0 Å². The fraction of sp³-hybridized carbons (Fsp3) is 0.259. The molecule has 1 N–H and O–H groups in total. The summed E-state index contributed by atoms with van der Waals surface area (Å²) in [6, 6.07) is 17.4. The lowest BCUT2D eigenvalue weighted by Gasteiger charge is -2.23. The zero-order valence-electron chi connectivity index (χ0n) is 19.2. The summed E-state index contributed by atoms with van der Waals surface area (Å²) in [6.45, 7) is 3.18. The first-order valence-electron chi connectivity index (χ1n) is 11.1. The van der Waals surface area contributed by atoms with Crippen LogP contribution in [0.15, 0.2) is 76.9 Å². The summed E-state index contributed by atoms with van der Waals surface area (Å²) >= 11 is 0. The van der Waals surface area contributed by atoms with E-state index in [1.807, 2.05) is 25.1 Å². The largest absolute Gasteiger partial charge is 0.507 e. The standard InChI is InChI=1S/C27H27NO6/c1-18-6-3-7-19(16-18)17-34-21-11-9-20(10-12-21)25(29)23-24(22-8-4-15-33-22)28(13-5-14-32-2)27(31)26(23)30/h3-4,6-12,15-16,24,29H,5,13-14,17H2,1-2H3/b25-23+. The van der Waals surface area contributed by atoms with E-state index in [2.05, 4.69) is 6.07 Å². The summed E-state index contributed by atoms with van der Waals surface area (Å²) in [5.74, 6) is -0.621. The summed E-state index contributed by atoms with van der Waals surface area (Å²) in [7, 11) is 1.58. The molecule has 1 aliphatic rings. The van der Waals surface area contributed by atoms with Crippen molar-refractivity contribution in [3.63, 3.8) is 0 Å². The molecule has 1 saturated heterocycles. The third-order valence-electron chi connectivity index (χ3n) is 5.72. The fourth-order valence-electron chi connectivity index (χ4n) is 4.07. The van der Waals surface area contributed by atoms with Crippen LogP contribution in [-0.4, -0.2) is 42.0 Å². The van der Waals surface area contributed by atoms with Gasteiger partial charge in [-0.15, -0.1) is 0 Å². The number of aliphatic hydroxyl groups excluding tert-OH is 1. The number of rotatable bonds is 9. The maximum atomic E-state index is 12.9. The van der Waals surface area contributed by atoms with Crippen molar-refractivity contribution in [1.29, 1.82) is 0 Å². The van der Waals surface area contributed by atoms with E-state index in [0.717, 1.165) is 11.1 Å². The summed E-state index contributed by atoms with van der Waals surface area (Å²) in [5.41, 5.74) is 2.63. The molecule has 2 heterocycles. The Morgan fingerprint density at radius 3 is 2.56 bits per heavy atom. The van der Waals surface area contributed by atoms with Gasteiger partial charge >= 0.3 is 0 Å². The molecule has 176 valence electrons. The molecular formula is C27H27NO6. The lowest BCUT2D eigenvalue weighted by molar-refractivity contribution is -0.140. The smallest absolute Gasteiger partial charge is 0.295 e. The number of nitrogens with zero attached hydrogens (tertiary/aromatic N) is 1. The van der Waals surface area contributed by atoms with Gasteiger partial charge in [0.2, 0.25) is 0 Å². The van der Waals surface area contributed by atoms with Gasteiger partial charge in [0, 0.05) is 25.8 Å². The van der Waals surface area contributed by atoms with Crippen LogP contribution in [0.2, 0.25) is 0 Å². The quantitative estimate of drug-likeness (QED) is 0.216. The SMILES string of the molecule is COCCCN1C(=O)C(=O)/C(=C(/O)c2ccc(OCc3cccc(C)c3)cc2)C1c1ccco1. The molecular weight excluding hydrogens is 434 g/mol. The second-order valence-electron chi connectivity index (χ2n) is 8.16. The molecule has 0 aliphatic carbocycles. The van der Waals surface area contributed by atoms with Gasteiger partial charge in [-0.05, 0) is 55.3 Å². The van der Waals surface area contributed by atoms with Crippen LogP contribution in [-0.2, 0) is 20.9 Å². The normalized spacial score (nSPS) is 17.4. The van der Waals surface area contributed by atoms with Crippen LogP contribution in [0, 0.1) is 6.92 Å². The first-order valence-corrected chi connectivity index (χ1v) is 11.1. The van der Waals surface area contributed by atoms with E-state index in [0.29, 0.717) is 43.3 Å². The second-order valence-corrected chi connectivity index (χ2v) is 8.16. The number of aliphatic hydroxyl groups is 1. The molecule has 1 aromatic heterocycles. The molecule has 0 spiro atoms. The first-order chi connectivity index (χ1) is 16.5. The van der Waals surface area contributed by atoms with Gasteiger partial charge in [0.1, 0.15) is 29.9 Å². The topological polar surface area (TPSA) is 89.2 Å². The predicted octanol–water partition coefficient (Wildman–Crippen LogP) is 4.63. The average molecular weight is 462 g/mol. The second kappa shape index (κ2) is 10.4. The summed E-state index contributed by atoms with van der Waals surface area (Å²) in [6.07, 6.45) is 2.03. The van der Waals surface area contributed by atoms with Crippen molar-refractivity contribution in [1.82, 2.24) is 4.90 Å². The molecule has 2 aromatic carbocycles. The number of carbonyl (C=O) groups excluding carboxylic acids is 2. The summed E-state index contributed by atoms with van der Waals surface area (Å²) in [4.78, 5) is 27.1. The van der Waals surface area contributed by atoms with E-state index in [1.54, 1.807) is 43.5 Å². The number of furan rings is 1. The Labute approximate surface area is 198 Å². The lowest BCUT2D eigenvalue weighted by atomic mass is 9.99. The highest BCUT2D eigenvalue weighted by atomic mass is 16.5. The number of carbonyl (C=O) groups is 2. The monoisotopic (exact) mass is 461 g/mol. The maximum Gasteiger partial charge on any atom is 0.295 e. The van der Waals surface area contributed by atoms with Crippen LogP contribution >= 0.6 is 0 Å². The Bertz CT molecular complexity index is 1180. The minimum absolute atomic E-state index is 0.00537. The average Bonchev–Trinajstić information content (AvgIpc) is 3.45. The van der Waals surface area contributed by atoms with Crippen molar-refractivity contribution in [2.75, 3.05) is 20.3 Å². The third kappa shape index (κ3) is 4.89. The van der Waals surface area contributed by atoms with Crippen molar-refractivity contribution >= 4 is 17.4 Å². The summed E-state index contributed by atoms with van der Waals surface area (Å²) < 4.78 is 16.4. The van der Waals surface area contributed by atoms with Crippen molar-refractivity contribution in [3.8, 4) is 5.75 Å². The Kier molecular flexibility index (Phi) is 7.13. The van der Waals surface area contributed by atoms with Crippen molar-refractivity contribution in [2.45, 2.75) is 26.0 Å². The third-order valence-corrected chi connectivity index (χ3v) is 5.72. The Balaban J connectivity index is 1.59. The van der Waals surface area contributed by atoms with Crippen LogP contribution in [0.3, 0.4) is 0 Å². The van der Waals surface area contributed by atoms with Gasteiger partial charge in [-0.2, -0.15) is 0 Å². The van der Waals surface area contributed by atoms with Gasteiger partial charge < -0.3 is 23.9 Å². The van der Waals surface area contributed by atoms with E-state index in [-0.39, 0.29) is 11.3 Å². The van der Waals surface area contributed by atoms with E-state index in [9.17, 15) is 14.7 Å². The van der Waals surface area contributed by atoms with Crippen molar-refractivity contribution in [3.05, 3.63) is 95.0 Å². The van der Waals surface area contributed by atoms with Gasteiger partial charge in [0.05, 0.1) is 11.8 Å². The highest BCUT2D eigenvalue weighted by molar-refractivity contribution is 6.46. The number of methoxy groups -OCH3 is 1. The molecule has 0 bridgehead atoms. The van der Waals surface area contributed by atoms with Gasteiger partial charge in [-0.1, -0.05) is 29.8 Å².